The summed E-state index contributed by atoms with van der Waals surface area (Å²) in [4.78, 5) is 28.9. The van der Waals surface area contributed by atoms with Crippen LogP contribution >= 0.6 is 0 Å². The lowest BCUT2D eigenvalue weighted by molar-refractivity contribution is 0.102. The first-order valence-electron chi connectivity index (χ1n) is 10.2. The van der Waals surface area contributed by atoms with Crippen molar-refractivity contribution in [3.63, 3.8) is 0 Å². The van der Waals surface area contributed by atoms with Crippen molar-refractivity contribution in [1.82, 2.24) is 10.2 Å². The van der Waals surface area contributed by atoms with Crippen LogP contribution < -0.4 is 15.5 Å². The molecule has 0 spiro atoms. The molecular formula is C23H31FN4O2. The molecule has 2 aromatic rings. The molecule has 2 N–H and O–H groups in total. The molecular weight excluding hydrogens is 383 g/mol. The molecule has 162 valence electrons. The molecule has 0 radical (unpaired) electrons. The number of nitrogens with one attached hydrogen (secondary N) is 2. The van der Waals surface area contributed by atoms with Gasteiger partial charge in [-0.05, 0) is 62.2 Å². The van der Waals surface area contributed by atoms with E-state index in [-0.39, 0.29) is 23.5 Å². The van der Waals surface area contributed by atoms with Crippen molar-refractivity contribution < 1.29 is 14.0 Å². The average molecular weight is 415 g/mol. The van der Waals surface area contributed by atoms with E-state index in [0.717, 1.165) is 17.7 Å². The van der Waals surface area contributed by atoms with Crippen LogP contribution in [0, 0.1) is 5.82 Å². The molecule has 3 amide bonds. The van der Waals surface area contributed by atoms with Crippen LogP contribution in [0.5, 0.6) is 0 Å². The molecule has 0 aliphatic rings. The highest BCUT2D eigenvalue weighted by Gasteiger charge is 2.21. The fraction of sp³-hybridized carbons (Fsp3) is 0.391. The molecule has 2 aromatic carbocycles. The van der Waals surface area contributed by atoms with Crippen molar-refractivity contribution in [1.29, 1.82) is 0 Å². The van der Waals surface area contributed by atoms with Gasteiger partial charge in [-0.15, -0.1) is 0 Å². The summed E-state index contributed by atoms with van der Waals surface area (Å²) in [6.45, 7) is 6.90. The highest BCUT2D eigenvalue weighted by molar-refractivity contribution is 6.04. The van der Waals surface area contributed by atoms with Crippen molar-refractivity contribution in [2.75, 3.05) is 30.9 Å². The minimum atomic E-state index is -0.461. The quantitative estimate of drug-likeness (QED) is 0.670. The van der Waals surface area contributed by atoms with Crippen molar-refractivity contribution in [2.24, 2.45) is 0 Å². The maximum absolute atomic E-state index is 13.4. The highest BCUT2D eigenvalue weighted by Crippen LogP contribution is 2.26. The van der Waals surface area contributed by atoms with E-state index in [4.69, 9.17) is 0 Å². The smallest absolute Gasteiger partial charge is 0.317 e. The molecule has 7 heteroatoms. The second kappa shape index (κ2) is 10.6. The van der Waals surface area contributed by atoms with Gasteiger partial charge in [-0.25, -0.2) is 9.18 Å². The Morgan fingerprint density at radius 2 is 1.83 bits per heavy atom. The molecule has 0 fully saturated rings. The summed E-state index contributed by atoms with van der Waals surface area (Å²) >= 11 is 0. The number of hydrogen-bond donors (Lipinski definition) is 2. The fourth-order valence-electron chi connectivity index (χ4n) is 3.14. The predicted octanol–water partition coefficient (Wildman–Crippen LogP) is 4.47. The lowest BCUT2D eigenvalue weighted by Gasteiger charge is -2.30. The van der Waals surface area contributed by atoms with Crippen LogP contribution in [0.2, 0.25) is 0 Å². The monoisotopic (exact) mass is 414 g/mol. The Kier molecular flexibility index (Phi) is 8.21. The number of benzene rings is 2. The lowest BCUT2D eigenvalue weighted by atomic mass is 10.1. The van der Waals surface area contributed by atoms with Crippen LogP contribution in [-0.2, 0) is 6.54 Å². The van der Waals surface area contributed by atoms with Crippen LogP contribution in [0.4, 0.5) is 20.6 Å². The third-order valence-electron chi connectivity index (χ3n) is 4.96. The summed E-state index contributed by atoms with van der Waals surface area (Å²) in [5, 5.41) is 5.69. The van der Waals surface area contributed by atoms with Crippen LogP contribution in [0.15, 0.2) is 42.5 Å². The van der Waals surface area contributed by atoms with Crippen LogP contribution in [0.3, 0.4) is 0 Å². The Morgan fingerprint density at radius 3 is 2.43 bits per heavy atom. The van der Waals surface area contributed by atoms with Gasteiger partial charge in [-0.1, -0.05) is 13.0 Å². The van der Waals surface area contributed by atoms with Gasteiger partial charge < -0.3 is 20.4 Å². The Bertz CT molecular complexity index is 885. The molecule has 1 atom stereocenters. The summed E-state index contributed by atoms with van der Waals surface area (Å²) in [6.07, 6.45) is 0.824. The number of anilines is 2. The first-order valence-corrected chi connectivity index (χ1v) is 10.2. The van der Waals surface area contributed by atoms with E-state index < -0.39 is 5.82 Å². The first kappa shape index (κ1) is 23.2. The Morgan fingerprint density at radius 1 is 1.10 bits per heavy atom. The normalized spacial score (nSPS) is 11.5. The lowest BCUT2D eigenvalue weighted by Crippen LogP contribution is -2.44. The molecule has 0 aliphatic heterocycles. The van der Waals surface area contributed by atoms with Gasteiger partial charge in [-0.3, -0.25) is 4.79 Å². The minimum absolute atomic E-state index is 0.0529. The van der Waals surface area contributed by atoms with Crippen molar-refractivity contribution in [3.05, 3.63) is 59.4 Å². The van der Waals surface area contributed by atoms with Crippen molar-refractivity contribution in [3.8, 4) is 0 Å². The number of halogens is 1. The van der Waals surface area contributed by atoms with E-state index in [1.165, 1.54) is 18.2 Å². The number of amides is 3. The number of rotatable bonds is 8. The van der Waals surface area contributed by atoms with E-state index in [9.17, 15) is 14.0 Å². The van der Waals surface area contributed by atoms with Gasteiger partial charge in [0.2, 0.25) is 0 Å². The number of hydrogen-bond acceptors (Lipinski definition) is 3. The summed E-state index contributed by atoms with van der Waals surface area (Å²) in [6, 6.07) is 11.1. The van der Waals surface area contributed by atoms with Crippen LogP contribution in [-0.4, -0.2) is 43.5 Å². The second-order valence-corrected chi connectivity index (χ2v) is 7.42. The molecule has 0 bridgehead atoms. The first-order chi connectivity index (χ1) is 14.3. The van der Waals surface area contributed by atoms with E-state index in [2.05, 4.69) is 10.6 Å². The van der Waals surface area contributed by atoms with Crippen LogP contribution in [0.1, 0.15) is 43.1 Å². The molecule has 0 unspecified atom stereocenters. The number of carbonyl (C=O) groups is 2. The average Bonchev–Trinajstić information content (AvgIpc) is 2.71. The van der Waals surface area contributed by atoms with Gasteiger partial charge in [0.15, 0.2) is 0 Å². The van der Waals surface area contributed by atoms with Gasteiger partial charge in [0.25, 0.3) is 5.91 Å². The molecule has 30 heavy (non-hydrogen) atoms. The van der Waals surface area contributed by atoms with Gasteiger partial charge in [0.05, 0.1) is 0 Å². The molecule has 0 saturated carbocycles. The summed E-state index contributed by atoms with van der Waals surface area (Å²) in [5.74, 6) is -0.849. The molecule has 0 aromatic heterocycles. The van der Waals surface area contributed by atoms with Crippen molar-refractivity contribution >= 4 is 23.3 Å². The highest BCUT2D eigenvalue weighted by atomic mass is 19.1. The Labute approximate surface area is 178 Å². The topological polar surface area (TPSA) is 64.7 Å². The summed E-state index contributed by atoms with van der Waals surface area (Å²) in [7, 11) is 3.87. The fourth-order valence-corrected chi connectivity index (χ4v) is 3.14. The Balaban J connectivity index is 2.32. The SMILES string of the molecule is CCNC(=O)N(Cc1cc(NC(=O)c2cccc(F)c2)ccc1N(C)C)[C@H](C)CC. The molecule has 2 rings (SSSR count). The maximum atomic E-state index is 13.4. The predicted molar refractivity (Wildman–Crippen MR) is 119 cm³/mol. The zero-order valence-corrected chi connectivity index (χ0v) is 18.3. The third kappa shape index (κ3) is 5.95. The van der Waals surface area contributed by atoms with E-state index in [1.54, 1.807) is 17.0 Å². The molecule has 0 saturated heterocycles. The van der Waals surface area contributed by atoms with Crippen LogP contribution in [0.25, 0.3) is 0 Å². The third-order valence-corrected chi connectivity index (χ3v) is 4.96. The Hall–Kier alpha value is -3.09. The standard InChI is InChI=1S/C23H31FN4O2/c1-6-16(3)28(23(30)25-7-2)15-18-14-20(11-12-21(18)27(4)5)26-22(29)17-9-8-10-19(24)13-17/h8-14,16H,6-7,15H2,1-5H3,(H,25,30)(H,26,29)/t16-/m1/s1. The van der Waals surface area contributed by atoms with E-state index >= 15 is 0 Å². The maximum Gasteiger partial charge on any atom is 0.317 e. The summed E-state index contributed by atoms with van der Waals surface area (Å²) < 4.78 is 13.4. The van der Waals surface area contributed by atoms with E-state index in [0.29, 0.717) is 18.8 Å². The molecule has 0 heterocycles. The number of nitrogens with zero attached hydrogens (tertiary/aromatic N) is 2. The van der Waals surface area contributed by atoms with Gasteiger partial charge in [-0.2, -0.15) is 0 Å². The molecule has 6 nitrogen and oxygen atoms in total. The summed E-state index contributed by atoms with van der Waals surface area (Å²) in [5.41, 5.74) is 2.70. The second-order valence-electron chi connectivity index (χ2n) is 7.42. The number of carbonyl (C=O) groups excluding carboxylic acids is 2. The largest absolute Gasteiger partial charge is 0.377 e. The number of urea groups is 1. The molecule has 0 aliphatic carbocycles. The van der Waals surface area contributed by atoms with Gasteiger partial charge in [0, 0.05) is 50.2 Å². The zero-order valence-electron chi connectivity index (χ0n) is 18.3. The van der Waals surface area contributed by atoms with E-state index in [1.807, 2.05) is 51.9 Å². The zero-order chi connectivity index (χ0) is 22.3. The minimum Gasteiger partial charge on any atom is -0.377 e. The van der Waals surface area contributed by atoms with Crippen molar-refractivity contribution in [2.45, 2.75) is 39.8 Å². The van der Waals surface area contributed by atoms with Gasteiger partial charge in [0.1, 0.15) is 5.82 Å². The van der Waals surface area contributed by atoms with Gasteiger partial charge >= 0.3 is 6.03 Å².